The Hall–Kier alpha value is -3.09. The van der Waals surface area contributed by atoms with E-state index in [1.165, 1.54) is 15.6 Å². The zero-order valence-electron chi connectivity index (χ0n) is 15.9. The van der Waals surface area contributed by atoms with E-state index in [1.54, 1.807) is 38.2 Å². The summed E-state index contributed by atoms with van der Waals surface area (Å²) in [6.45, 7) is 4.03. The van der Waals surface area contributed by atoms with Gasteiger partial charge in [0.25, 0.3) is 11.5 Å². The van der Waals surface area contributed by atoms with Gasteiger partial charge in [-0.3, -0.25) is 9.59 Å². The lowest BCUT2D eigenvalue weighted by Gasteiger charge is -2.25. The van der Waals surface area contributed by atoms with E-state index in [0.29, 0.717) is 29.3 Å². The molecule has 1 amide bonds. The Labute approximate surface area is 161 Å². The second-order valence-corrected chi connectivity index (χ2v) is 6.69. The Morgan fingerprint density at radius 2 is 1.82 bits per heavy atom. The number of fused-ring (bicyclic) bond motifs is 1. The predicted octanol–water partition coefficient (Wildman–Crippen LogP) is 3.92. The second-order valence-electron chi connectivity index (χ2n) is 6.69. The molecule has 0 aliphatic heterocycles. The zero-order valence-corrected chi connectivity index (χ0v) is 15.9. The summed E-state index contributed by atoms with van der Waals surface area (Å²) in [6, 6.07) is 9.86. The van der Waals surface area contributed by atoms with Crippen LogP contribution in [0.2, 0.25) is 0 Å². The van der Waals surface area contributed by atoms with Gasteiger partial charge in [-0.25, -0.2) is 13.5 Å². The van der Waals surface area contributed by atoms with Crippen molar-refractivity contribution in [3.63, 3.8) is 0 Å². The molecule has 0 bridgehead atoms. The first-order chi connectivity index (χ1) is 13.3. The van der Waals surface area contributed by atoms with Gasteiger partial charge in [-0.2, -0.15) is 5.10 Å². The largest absolute Gasteiger partial charge is 0.334 e. The van der Waals surface area contributed by atoms with Crippen LogP contribution in [0.5, 0.6) is 0 Å². The van der Waals surface area contributed by atoms with Crippen molar-refractivity contribution >= 4 is 16.7 Å². The first kappa shape index (κ1) is 19.7. The maximum absolute atomic E-state index is 13.6. The van der Waals surface area contributed by atoms with Gasteiger partial charge in [-0.1, -0.05) is 31.2 Å². The lowest BCUT2D eigenvalue weighted by Crippen LogP contribution is -2.33. The van der Waals surface area contributed by atoms with Crippen molar-refractivity contribution in [2.24, 2.45) is 0 Å². The van der Waals surface area contributed by atoms with Crippen LogP contribution in [-0.4, -0.2) is 27.6 Å². The number of rotatable bonds is 5. The van der Waals surface area contributed by atoms with Gasteiger partial charge in [-0.15, -0.1) is 0 Å². The highest BCUT2D eigenvalue weighted by Gasteiger charge is 2.24. The van der Waals surface area contributed by atoms with Gasteiger partial charge < -0.3 is 4.90 Å². The summed E-state index contributed by atoms with van der Waals surface area (Å²) in [4.78, 5) is 27.2. The molecule has 0 saturated heterocycles. The van der Waals surface area contributed by atoms with Crippen LogP contribution in [0.4, 0.5) is 8.78 Å². The Morgan fingerprint density at radius 3 is 2.46 bits per heavy atom. The molecule has 0 aliphatic carbocycles. The van der Waals surface area contributed by atoms with Gasteiger partial charge >= 0.3 is 0 Å². The van der Waals surface area contributed by atoms with Gasteiger partial charge in [0.1, 0.15) is 0 Å². The van der Waals surface area contributed by atoms with Gasteiger partial charge in [0, 0.05) is 19.0 Å². The third kappa shape index (κ3) is 3.52. The van der Waals surface area contributed by atoms with E-state index in [4.69, 9.17) is 0 Å². The summed E-state index contributed by atoms with van der Waals surface area (Å²) in [6.07, 6.45) is 0.694. The van der Waals surface area contributed by atoms with E-state index in [9.17, 15) is 18.4 Å². The lowest BCUT2D eigenvalue weighted by molar-refractivity contribution is 0.0736. The Morgan fingerprint density at radius 1 is 1.14 bits per heavy atom. The first-order valence-corrected chi connectivity index (χ1v) is 9.07. The molecule has 5 nitrogen and oxygen atoms in total. The number of amides is 1. The van der Waals surface area contributed by atoms with Gasteiger partial charge in [0.05, 0.1) is 11.4 Å². The molecule has 0 fully saturated rings. The fourth-order valence-electron chi connectivity index (χ4n) is 3.10. The van der Waals surface area contributed by atoms with Crippen molar-refractivity contribution in [1.29, 1.82) is 0 Å². The zero-order chi connectivity index (χ0) is 20.4. The number of aryl methyl sites for hydroxylation is 1. The van der Waals surface area contributed by atoms with Crippen LogP contribution in [0.15, 0.2) is 47.3 Å². The topological polar surface area (TPSA) is 55.2 Å². The van der Waals surface area contributed by atoms with Crippen LogP contribution in [0, 0.1) is 11.6 Å². The quantitative estimate of drug-likeness (QED) is 0.669. The molecule has 146 valence electrons. The number of halogens is 2. The number of carbonyl (C=O) groups is 1. The summed E-state index contributed by atoms with van der Waals surface area (Å²) in [5, 5.41) is 5.18. The molecule has 7 heteroatoms. The molecule has 1 heterocycles. The monoisotopic (exact) mass is 385 g/mol. The number of nitrogens with zero attached hydrogens (tertiary/aromatic N) is 3. The van der Waals surface area contributed by atoms with Gasteiger partial charge in [-0.05, 0) is 37.1 Å². The molecule has 3 aromatic rings. The fourth-order valence-corrected chi connectivity index (χ4v) is 3.10. The number of benzene rings is 2. The molecule has 0 radical (unpaired) electrons. The molecule has 3 rings (SSSR count). The Balaban J connectivity index is 2.05. The molecular weight excluding hydrogens is 364 g/mol. The van der Waals surface area contributed by atoms with Gasteiger partial charge in [0.15, 0.2) is 17.3 Å². The molecule has 1 atom stereocenters. The van der Waals surface area contributed by atoms with E-state index in [0.717, 1.165) is 12.1 Å². The number of carbonyl (C=O) groups excluding carboxylic acids is 1. The van der Waals surface area contributed by atoms with Crippen molar-refractivity contribution in [3.8, 4) is 0 Å². The van der Waals surface area contributed by atoms with Crippen LogP contribution in [-0.2, 0) is 6.54 Å². The van der Waals surface area contributed by atoms with Crippen molar-refractivity contribution in [2.75, 3.05) is 7.05 Å². The van der Waals surface area contributed by atoms with Crippen molar-refractivity contribution < 1.29 is 13.6 Å². The summed E-state index contributed by atoms with van der Waals surface area (Å²) in [5.41, 5.74) is 0.367. The smallest absolute Gasteiger partial charge is 0.275 e. The predicted molar refractivity (Wildman–Crippen MR) is 103 cm³/mol. The third-order valence-corrected chi connectivity index (χ3v) is 4.83. The Bertz CT molecular complexity index is 1090. The van der Waals surface area contributed by atoms with Crippen LogP contribution < -0.4 is 5.56 Å². The maximum atomic E-state index is 13.6. The molecule has 0 N–H and O–H groups in total. The van der Waals surface area contributed by atoms with Crippen LogP contribution in [0.25, 0.3) is 10.8 Å². The van der Waals surface area contributed by atoms with Crippen molar-refractivity contribution in [2.45, 2.75) is 32.9 Å². The second kappa shape index (κ2) is 7.88. The van der Waals surface area contributed by atoms with E-state index in [1.807, 2.05) is 6.92 Å². The standard InChI is InChI=1S/C21H21F2N3O2/c1-4-11-26-20(27)16-8-6-5-7-15(16)19(24-26)21(28)25(3)13(2)14-9-10-17(22)18(23)12-14/h5-10,12-13H,4,11H2,1-3H3. The minimum Gasteiger partial charge on any atom is -0.334 e. The lowest BCUT2D eigenvalue weighted by atomic mass is 10.1. The number of hydrogen-bond acceptors (Lipinski definition) is 3. The summed E-state index contributed by atoms with van der Waals surface area (Å²) in [5.74, 6) is -2.31. The minimum atomic E-state index is -0.967. The van der Waals surface area contributed by atoms with E-state index >= 15 is 0 Å². The summed E-state index contributed by atoms with van der Waals surface area (Å²) < 4.78 is 28.1. The summed E-state index contributed by atoms with van der Waals surface area (Å²) in [7, 11) is 1.57. The van der Waals surface area contributed by atoms with Crippen LogP contribution >= 0.6 is 0 Å². The molecular formula is C21H21F2N3O2. The molecule has 1 aromatic heterocycles. The highest BCUT2D eigenvalue weighted by atomic mass is 19.2. The average molecular weight is 385 g/mol. The van der Waals surface area contributed by atoms with E-state index in [2.05, 4.69) is 5.10 Å². The van der Waals surface area contributed by atoms with E-state index in [-0.39, 0.29) is 11.3 Å². The molecule has 1 unspecified atom stereocenters. The van der Waals surface area contributed by atoms with Crippen molar-refractivity contribution in [3.05, 3.63) is 75.7 Å². The molecule has 2 aromatic carbocycles. The molecule has 0 spiro atoms. The molecule has 28 heavy (non-hydrogen) atoms. The molecule has 0 saturated carbocycles. The van der Waals surface area contributed by atoms with Crippen molar-refractivity contribution in [1.82, 2.24) is 14.7 Å². The van der Waals surface area contributed by atoms with E-state index < -0.39 is 23.6 Å². The highest BCUT2D eigenvalue weighted by Crippen LogP contribution is 2.24. The first-order valence-electron chi connectivity index (χ1n) is 9.07. The van der Waals surface area contributed by atoms with Gasteiger partial charge in [0.2, 0.25) is 0 Å². The number of hydrogen-bond donors (Lipinski definition) is 0. The normalized spacial score (nSPS) is 12.2. The molecule has 0 aliphatic rings. The highest BCUT2D eigenvalue weighted by molar-refractivity contribution is 6.04. The third-order valence-electron chi connectivity index (χ3n) is 4.83. The SMILES string of the molecule is CCCn1nc(C(=O)N(C)C(C)c2ccc(F)c(F)c2)c2ccccc2c1=O. The number of aromatic nitrogens is 2. The maximum Gasteiger partial charge on any atom is 0.275 e. The Kier molecular flexibility index (Phi) is 5.53. The summed E-state index contributed by atoms with van der Waals surface area (Å²) >= 11 is 0. The fraction of sp³-hybridized carbons (Fsp3) is 0.286. The van der Waals surface area contributed by atoms with Crippen LogP contribution in [0.3, 0.4) is 0 Å². The average Bonchev–Trinajstić information content (AvgIpc) is 2.70. The minimum absolute atomic E-state index is 0.153. The van der Waals surface area contributed by atoms with Crippen LogP contribution in [0.1, 0.15) is 42.4 Å².